The molecule has 0 atom stereocenters. The molecular weight excluding hydrogens is 468 g/mol. The molecule has 2 aromatic carbocycles. The van der Waals surface area contributed by atoms with Crippen molar-refractivity contribution in [2.24, 2.45) is 0 Å². The van der Waals surface area contributed by atoms with Gasteiger partial charge < -0.3 is 15.0 Å². The van der Waals surface area contributed by atoms with Gasteiger partial charge in [-0.3, -0.25) is 15.2 Å². The highest BCUT2D eigenvalue weighted by Crippen LogP contribution is 2.24. The molecule has 10 heteroatoms. The van der Waals surface area contributed by atoms with Gasteiger partial charge in [0, 0.05) is 48.8 Å². The number of benzene rings is 2. The number of H-pyrrole nitrogens is 1. The maximum absolute atomic E-state index is 13.9. The number of amides is 3. The van der Waals surface area contributed by atoms with Gasteiger partial charge in [-0.25, -0.2) is 13.6 Å². The fourth-order valence-corrected chi connectivity index (χ4v) is 3.89. The second-order valence-corrected chi connectivity index (χ2v) is 9.73. The molecule has 0 aliphatic carbocycles. The number of likely N-dealkylation sites (tertiary alicyclic amines) is 1. The first-order valence-electron chi connectivity index (χ1n) is 11.7. The standard InChI is InChI=1S/C26H29F2N5O3/c1-26(2,3)21-15-22(32-31-21)30-25(35)29-16-7-9-17(10-8-16)36-18-11-13-33(14-12-18)24(34)23-19(27)5-4-6-20(23)28/h4-10,15,18H,11-14H2,1-3H3,(H3,29,30,31,32,35). The first kappa shape index (κ1) is 25.2. The summed E-state index contributed by atoms with van der Waals surface area (Å²) in [5.41, 5.74) is 0.863. The van der Waals surface area contributed by atoms with E-state index in [0.717, 1.165) is 17.8 Å². The molecule has 4 rings (SSSR count). The number of anilines is 2. The molecule has 0 radical (unpaired) electrons. The van der Waals surface area contributed by atoms with Crippen LogP contribution in [0, 0.1) is 11.6 Å². The van der Waals surface area contributed by atoms with Crippen LogP contribution < -0.4 is 15.4 Å². The Hall–Kier alpha value is -3.95. The van der Waals surface area contributed by atoms with Crippen molar-refractivity contribution in [3.8, 4) is 5.75 Å². The van der Waals surface area contributed by atoms with Crippen molar-refractivity contribution in [3.05, 3.63) is 71.4 Å². The molecule has 3 aromatic rings. The number of piperidine rings is 1. The van der Waals surface area contributed by atoms with Crippen LogP contribution in [0.15, 0.2) is 48.5 Å². The maximum Gasteiger partial charge on any atom is 0.324 e. The second kappa shape index (κ2) is 10.3. The smallest absolute Gasteiger partial charge is 0.324 e. The summed E-state index contributed by atoms with van der Waals surface area (Å²) < 4.78 is 33.9. The topological polar surface area (TPSA) is 99.3 Å². The molecule has 1 aliphatic rings. The van der Waals surface area contributed by atoms with Crippen LogP contribution >= 0.6 is 0 Å². The van der Waals surface area contributed by atoms with Gasteiger partial charge in [0.05, 0.1) is 0 Å². The van der Waals surface area contributed by atoms with Crippen molar-refractivity contribution >= 4 is 23.4 Å². The Morgan fingerprint density at radius 3 is 2.25 bits per heavy atom. The summed E-state index contributed by atoms with van der Waals surface area (Å²) in [6.45, 7) is 6.81. The fraction of sp³-hybridized carbons (Fsp3) is 0.346. The Morgan fingerprint density at radius 2 is 1.67 bits per heavy atom. The minimum atomic E-state index is -0.861. The molecule has 1 saturated heterocycles. The average molecular weight is 498 g/mol. The monoisotopic (exact) mass is 497 g/mol. The van der Waals surface area contributed by atoms with E-state index < -0.39 is 29.1 Å². The third kappa shape index (κ3) is 5.99. The van der Waals surface area contributed by atoms with Crippen LogP contribution in [0.3, 0.4) is 0 Å². The highest BCUT2D eigenvalue weighted by Gasteiger charge is 2.28. The van der Waals surface area contributed by atoms with Gasteiger partial charge in [0.25, 0.3) is 5.91 Å². The Morgan fingerprint density at radius 1 is 1.03 bits per heavy atom. The Kier molecular flexibility index (Phi) is 7.23. The van der Waals surface area contributed by atoms with Crippen molar-refractivity contribution in [3.63, 3.8) is 0 Å². The lowest BCUT2D eigenvalue weighted by molar-refractivity contribution is 0.0587. The molecule has 0 unspecified atom stereocenters. The van der Waals surface area contributed by atoms with Gasteiger partial charge in [-0.05, 0) is 36.4 Å². The molecule has 8 nitrogen and oxygen atoms in total. The molecule has 1 aliphatic heterocycles. The summed E-state index contributed by atoms with van der Waals surface area (Å²) in [4.78, 5) is 26.3. The number of ether oxygens (including phenoxy) is 1. The minimum Gasteiger partial charge on any atom is -0.490 e. The van der Waals surface area contributed by atoms with E-state index in [-0.39, 0.29) is 11.5 Å². The molecule has 3 amide bonds. The number of aromatic nitrogens is 2. The van der Waals surface area contributed by atoms with E-state index in [4.69, 9.17) is 4.74 Å². The van der Waals surface area contributed by atoms with Gasteiger partial charge in [0.15, 0.2) is 5.82 Å². The summed E-state index contributed by atoms with van der Waals surface area (Å²) in [5, 5.41) is 12.5. The SMILES string of the molecule is CC(C)(C)c1cc(NC(=O)Nc2ccc(OC3CCN(C(=O)c4c(F)cccc4F)CC3)cc2)n[nH]1. The Balaban J connectivity index is 1.25. The lowest BCUT2D eigenvalue weighted by Gasteiger charge is -2.32. The predicted octanol–water partition coefficient (Wildman–Crippen LogP) is 5.31. The number of urea groups is 1. The Labute approximate surface area is 208 Å². The molecule has 0 saturated carbocycles. The zero-order valence-corrected chi connectivity index (χ0v) is 20.4. The molecule has 0 bridgehead atoms. The normalized spacial score (nSPS) is 14.4. The van der Waals surface area contributed by atoms with Crippen molar-refractivity contribution < 1.29 is 23.1 Å². The number of carbonyl (C=O) groups is 2. The van der Waals surface area contributed by atoms with E-state index in [2.05, 4.69) is 20.8 Å². The number of hydrogen-bond donors (Lipinski definition) is 3. The Bertz CT molecular complexity index is 1210. The maximum atomic E-state index is 13.9. The van der Waals surface area contributed by atoms with Crippen molar-refractivity contribution in [2.45, 2.75) is 45.1 Å². The zero-order valence-electron chi connectivity index (χ0n) is 20.4. The summed E-state index contributed by atoms with van der Waals surface area (Å²) in [5.74, 6) is -1.32. The lowest BCUT2D eigenvalue weighted by Crippen LogP contribution is -2.42. The number of hydrogen-bond acceptors (Lipinski definition) is 4. The van der Waals surface area contributed by atoms with Crippen LogP contribution in [0.25, 0.3) is 0 Å². The molecule has 190 valence electrons. The summed E-state index contributed by atoms with van der Waals surface area (Å²) in [6, 6.07) is 11.7. The van der Waals surface area contributed by atoms with Gasteiger partial charge in [0.2, 0.25) is 0 Å². The quantitative estimate of drug-likeness (QED) is 0.445. The van der Waals surface area contributed by atoms with Crippen molar-refractivity contribution in [1.29, 1.82) is 0 Å². The first-order chi connectivity index (χ1) is 17.1. The van der Waals surface area contributed by atoms with Gasteiger partial charge >= 0.3 is 6.03 Å². The van der Waals surface area contributed by atoms with E-state index in [1.54, 1.807) is 30.3 Å². The number of carbonyl (C=O) groups excluding carboxylic acids is 2. The zero-order chi connectivity index (χ0) is 25.9. The van der Waals surface area contributed by atoms with Crippen LogP contribution in [-0.2, 0) is 5.41 Å². The molecular formula is C26H29F2N5O3. The molecule has 1 aromatic heterocycles. The summed E-state index contributed by atoms with van der Waals surface area (Å²) in [6.07, 6.45) is 0.924. The van der Waals surface area contributed by atoms with E-state index >= 15 is 0 Å². The van der Waals surface area contributed by atoms with Crippen LogP contribution in [0.4, 0.5) is 25.1 Å². The number of halogens is 2. The fourth-order valence-electron chi connectivity index (χ4n) is 3.89. The van der Waals surface area contributed by atoms with Crippen LogP contribution in [0.1, 0.15) is 49.7 Å². The van der Waals surface area contributed by atoms with Gasteiger partial charge in [0.1, 0.15) is 29.1 Å². The van der Waals surface area contributed by atoms with Gasteiger partial charge in [-0.15, -0.1) is 0 Å². The number of aromatic amines is 1. The summed E-state index contributed by atoms with van der Waals surface area (Å²) in [7, 11) is 0. The van der Waals surface area contributed by atoms with Crippen molar-refractivity contribution in [2.75, 3.05) is 23.7 Å². The largest absolute Gasteiger partial charge is 0.490 e. The van der Waals surface area contributed by atoms with Crippen LogP contribution in [-0.4, -0.2) is 46.2 Å². The average Bonchev–Trinajstić information content (AvgIpc) is 3.30. The first-order valence-corrected chi connectivity index (χ1v) is 11.7. The molecule has 1 fully saturated rings. The number of rotatable bonds is 5. The van der Waals surface area contributed by atoms with Gasteiger partial charge in [-0.2, -0.15) is 5.10 Å². The van der Waals surface area contributed by atoms with E-state index in [1.165, 1.54) is 11.0 Å². The second-order valence-electron chi connectivity index (χ2n) is 9.73. The van der Waals surface area contributed by atoms with E-state index in [1.807, 2.05) is 20.8 Å². The van der Waals surface area contributed by atoms with E-state index in [0.29, 0.717) is 43.2 Å². The van der Waals surface area contributed by atoms with Crippen LogP contribution in [0.5, 0.6) is 5.75 Å². The van der Waals surface area contributed by atoms with Crippen LogP contribution in [0.2, 0.25) is 0 Å². The number of nitrogens with one attached hydrogen (secondary N) is 3. The molecule has 36 heavy (non-hydrogen) atoms. The minimum absolute atomic E-state index is 0.108. The third-order valence-corrected chi connectivity index (χ3v) is 5.95. The third-order valence-electron chi connectivity index (χ3n) is 5.95. The van der Waals surface area contributed by atoms with Gasteiger partial charge in [-0.1, -0.05) is 26.8 Å². The molecule has 3 N–H and O–H groups in total. The number of nitrogens with zero attached hydrogens (tertiary/aromatic N) is 2. The molecule has 2 heterocycles. The predicted molar refractivity (Wildman–Crippen MR) is 132 cm³/mol. The lowest BCUT2D eigenvalue weighted by atomic mass is 9.92. The highest BCUT2D eigenvalue weighted by atomic mass is 19.1. The molecule has 0 spiro atoms. The van der Waals surface area contributed by atoms with E-state index in [9.17, 15) is 18.4 Å². The van der Waals surface area contributed by atoms with Crippen molar-refractivity contribution in [1.82, 2.24) is 15.1 Å². The summed E-state index contributed by atoms with van der Waals surface area (Å²) >= 11 is 0. The highest BCUT2D eigenvalue weighted by molar-refractivity contribution is 5.99.